The van der Waals surface area contributed by atoms with Crippen LogP contribution in [0.2, 0.25) is 5.02 Å². The number of fused-ring (bicyclic) bond motifs is 1. The van der Waals surface area contributed by atoms with Gasteiger partial charge in [0.15, 0.2) is 11.5 Å². The van der Waals surface area contributed by atoms with Gasteiger partial charge in [0, 0.05) is 16.8 Å². The maximum Gasteiger partial charge on any atom is 0.282 e. The van der Waals surface area contributed by atoms with Gasteiger partial charge in [-0.2, -0.15) is 0 Å². The number of halogens is 1. The second kappa shape index (κ2) is 8.64. The number of benzene rings is 3. The van der Waals surface area contributed by atoms with E-state index in [1.165, 1.54) is 4.90 Å². The summed E-state index contributed by atoms with van der Waals surface area (Å²) < 4.78 is 11.2. The highest BCUT2D eigenvalue weighted by Gasteiger charge is 2.40. The van der Waals surface area contributed by atoms with Crippen LogP contribution < -0.4 is 19.7 Å². The Bertz CT molecular complexity index is 1270. The molecule has 5 rings (SSSR count). The van der Waals surface area contributed by atoms with Crippen LogP contribution in [0.5, 0.6) is 11.5 Å². The highest BCUT2D eigenvalue weighted by Crippen LogP contribution is 2.37. The van der Waals surface area contributed by atoms with E-state index in [0.717, 1.165) is 12.0 Å². The van der Waals surface area contributed by atoms with Crippen LogP contribution in [0.3, 0.4) is 0 Å². The quantitative estimate of drug-likeness (QED) is 0.538. The molecule has 0 radical (unpaired) electrons. The predicted molar refractivity (Wildman–Crippen MR) is 128 cm³/mol. The summed E-state index contributed by atoms with van der Waals surface area (Å²) in [6.07, 6.45) is 0.868. The lowest BCUT2D eigenvalue weighted by atomic mass is 10.0. The highest BCUT2D eigenvalue weighted by molar-refractivity contribution is 6.46. The number of hydrogen-bond acceptors (Lipinski definition) is 5. The zero-order valence-corrected chi connectivity index (χ0v) is 18.7. The van der Waals surface area contributed by atoms with Gasteiger partial charge in [-0.25, -0.2) is 4.90 Å². The molecule has 6 nitrogen and oxygen atoms in total. The Morgan fingerprint density at radius 3 is 2.27 bits per heavy atom. The number of imide groups is 1. The van der Waals surface area contributed by atoms with Crippen LogP contribution >= 0.6 is 11.6 Å². The first-order valence-corrected chi connectivity index (χ1v) is 11.1. The molecule has 7 heteroatoms. The molecule has 2 aliphatic heterocycles. The first-order valence-electron chi connectivity index (χ1n) is 10.7. The summed E-state index contributed by atoms with van der Waals surface area (Å²) in [5, 5.41) is 3.70. The van der Waals surface area contributed by atoms with E-state index in [1.807, 2.05) is 12.1 Å². The minimum Gasteiger partial charge on any atom is -0.486 e. The summed E-state index contributed by atoms with van der Waals surface area (Å²) >= 11 is 6.05. The molecule has 33 heavy (non-hydrogen) atoms. The van der Waals surface area contributed by atoms with Crippen LogP contribution in [0.25, 0.3) is 5.57 Å². The predicted octanol–water partition coefficient (Wildman–Crippen LogP) is 5.07. The zero-order valence-electron chi connectivity index (χ0n) is 17.9. The van der Waals surface area contributed by atoms with Crippen molar-refractivity contribution in [3.8, 4) is 11.5 Å². The van der Waals surface area contributed by atoms with Gasteiger partial charge in [-0.1, -0.05) is 42.8 Å². The number of aryl methyl sites for hydroxylation is 1. The first kappa shape index (κ1) is 21.1. The number of amides is 2. The number of nitrogens with zero attached hydrogens (tertiary/aromatic N) is 1. The standard InChI is InChI=1S/C26H21ClN2O4/c1-2-16-3-10-20(11-4-16)29-25(30)23(17-5-7-18(27)8-6-17)24(26(29)31)28-19-9-12-21-22(15-19)33-14-13-32-21/h3-12,15,28H,2,13-14H2,1H3. The van der Waals surface area contributed by atoms with Crippen LogP contribution in [0, 0.1) is 0 Å². The molecular weight excluding hydrogens is 440 g/mol. The summed E-state index contributed by atoms with van der Waals surface area (Å²) in [6, 6.07) is 19.6. The van der Waals surface area contributed by atoms with Crippen molar-refractivity contribution in [2.45, 2.75) is 13.3 Å². The number of hydrogen-bond donors (Lipinski definition) is 1. The fourth-order valence-electron chi connectivity index (χ4n) is 3.91. The molecule has 0 saturated heterocycles. The summed E-state index contributed by atoms with van der Waals surface area (Å²) in [6.45, 7) is 3.00. The van der Waals surface area contributed by atoms with Crippen molar-refractivity contribution < 1.29 is 19.1 Å². The van der Waals surface area contributed by atoms with Gasteiger partial charge in [0.05, 0.1) is 11.3 Å². The normalized spacial score (nSPS) is 15.3. The molecule has 2 amide bonds. The number of rotatable bonds is 5. The van der Waals surface area contributed by atoms with Crippen LogP contribution in [0.4, 0.5) is 11.4 Å². The molecule has 166 valence electrons. The van der Waals surface area contributed by atoms with E-state index in [4.69, 9.17) is 21.1 Å². The fraction of sp³-hybridized carbons (Fsp3) is 0.154. The summed E-state index contributed by atoms with van der Waals surface area (Å²) in [4.78, 5) is 28.2. The van der Waals surface area contributed by atoms with Crippen molar-refractivity contribution >= 4 is 40.4 Å². The smallest absolute Gasteiger partial charge is 0.282 e. The van der Waals surface area contributed by atoms with Crippen molar-refractivity contribution in [3.63, 3.8) is 0 Å². The van der Waals surface area contributed by atoms with Crippen molar-refractivity contribution in [3.05, 3.63) is 88.6 Å². The van der Waals surface area contributed by atoms with Crippen molar-refractivity contribution in [1.82, 2.24) is 0 Å². The van der Waals surface area contributed by atoms with Gasteiger partial charge >= 0.3 is 0 Å². The maximum absolute atomic E-state index is 13.5. The van der Waals surface area contributed by atoms with Crippen LogP contribution in [-0.4, -0.2) is 25.0 Å². The third-order valence-electron chi connectivity index (χ3n) is 5.63. The fourth-order valence-corrected chi connectivity index (χ4v) is 4.04. The SMILES string of the molecule is CCc1ccc(N2C(=O)C(Nc3ccc4c(c3)OCCO4)=C(c3ccc(Cl)cc3)C2=O)cc1. The topological polar surface area (TPSA) is 67.9 Å². The zero-order chi connectivity index (χ0) is 22.9. The Hall–Kier alpha value is -3.77. The number of anilines is 2. The number of carbonyl (C=O) groups is 2. The second-order valence-electron chi connectivity index (χ2n) is 7.71. The van der Waals surface area contributed by atoms with Crippen LogP contribution in [0.15, 0.2) is 72.4 Å². The monoisotopic (exact) mass is 460 g/mol. The minimum atomic E-state index is -0.427. The number of nitrogens with one attached hydrogen (secondary N) is 1. The lowest BCUT2D eigenvalue weighted by Crippen LogP contribution is -2.32. The molecule has 0 bridgehead atoms. The molecule has 0 fully saturated rings. The lowest BCUT2D eigenvalue weighted by Gasteiger charge is -2.19. The van der Waals surface area contributed by atoms with E-state index >= 15 is 0 Å². The van der Waals surface area contributed by atoms with E-state index in [0.29, 0.717) is 46.7 Å². The maximum atomic E-state index is 13.5. The Balaban J connectivity index is 1.56. The molecule has 0 aromatic heterocycles. The molecule has 0 spiro atoms. The summed E-state index contributed by atoms with van der Waals surface area (Å²) in [5.74, 6) is 0.407. The summed E-state index contributed by atoms with van der Waals surface area (Å²) in [7, 11) is 0. The summed E-state index contributed by atoms with van der Waals surface area (Å²) in [5.41, 5.74) is 3.34. The third kappa shape index (κ3) is 3.94. The van der Waals surface area contributed by atoms with E-state index in [2.05, 4.69) is 12.2 Å². The molecule has 0 unspecified atom stereocenters. The lowest BCUT2D eigenvalue weighted by molar-refractivity contribution is -0.120. The van der Waals surface area contributed by atoms with Crippen LogP contribution in [0.1, 0.15) is 18.1 Å². The molecule has 3 aromatic carbocycles. The highest BCUT2D eigenvalue weighted by atomic mass is 35.5. The molecule has 0 saturated carbocycles. The van der Waals surface area contributed by atoms with Crippen molar-refractivity contribution in [1.29, 1.82) is 0 Å². The van der Waals surface area contributed by atoms with Gasteiger partial charge in [-0.15, -0.1) is 0 Å². The van der Waals surface area contributed by atoms with Gasteiger partial charge < -0.3 is 14.8 Å². The van der Waals surface area contributed by atoms with E-state index in [-0.39, 0.29) is 11.3 Å². The van der Waals surface area contributed by atoms with E-state index in [9.17, 15) is 9.59 Å². The molecule has 0 atom stereocenters. The molecule has 0 aliphatic carbocycles. The average molecular weight is 461 g/mol. The van der Waals surface area contributed by atoms with Gasteiger partial charge in [0.2, 0.25) is 0 Å². The van der Waals surface area contributed by atoms with Gasteiger partial charge in [-0.3, -0.25) is 9.59 Å². The van der Waals surface area contributed by atoms with Crippen molar-refractivity contribution in [2.24, 2.45) is 0 Å². The largest absolute Gasteiger partial charge is 0.486 e. The Morgan fingerprint density at radius 2 is 1.58 bits per heavy atom. The van der Waals surface area contributed by atoms with E-state index < -0.39 is 11.8 Å². The van der Waals surface area contributed by atoms with Crippen molar-refractivity contribution in [2.75, 3.05) is 23.4 Å². The Morgan fingerprint density at radius 1 is 0.879 bits per heavy atom. The third-order valence-corrected chi connectivity index (χ3v) is 5.88. The number of carbonyl (C=O) groups excluding carboxylic acids is 2. The molecule has 2 aliphatic rings. The van der Waals surface area contributed by atoms with E-state index in [1.54, 1.807) is 54.6 Å². The average Bonchev–Trinajstić information content (AvgIpc) is 3.09. The van der Waals surface area contributed by atoms with Crippen LogP contribution in [-0.2, 0) is 16.0 Å². The molecule has 2 heterocycles. The first-order chi connectivity index (χ1) is 16.0. The van der Waals surface area contributed by atoms with Gasteiger partial charge in [-0.05, 0) is 53.9 Å². The van der Waals surface area contributed by atoms with Gasteiger partial charge in [0.1, 0.15) is 18.9 Å². The Kier molecular flexibility index (Phi) is 5.52. The molecule has 3 aromatic rings. The molecule has 1 N–H and O–H groups in total. The number of ether oxygens (including phenoxy) is 2. The Labute approximate surface area is 196 Å². The van der Waals surface area contributed by atoms with Gasteiger partial charge in [0.25, 0.3) is 11.8 Å². The minimum absolute atomic E-state index is 0.193. The second-order valence-corrected chi connectivity index (χ2v) is 8.14. The molecular formula is C26H21ClN2O4.